The van der Waals surface area contributed by atoms with E-state index < -0.39 is 0 Å². The molecule has 0 N–H and O–H groups in total. The first-order chi connectivity index (χ1) is 24.0. The molecule has 3 aromatic carbocycles. The van der Waals surface area contributed by atoms with Crippen molar-refractivity contribution in [3.63, 3.8) is 0 Å². The van der Waals surface area contributed by atoms with Crippen LogP contribution in [0.25, 0.3) is 34.2 Å². The number of rotatable bonds is 7. The zero-order chi connectivity index (χ0) is 36.4. The third kappa shape index (κ3) is 8.98. The largest absolute Gasteiger partial charge is 0.300 e. The fourth-order valence-corrected chi connectivity index (χ4v) is 6.55. The maximum Gasteiger partial charge on any atom is 0.144 e. The standard InChI is InChI=1S/C24H28N2.C18H18N2.C4H10/c1-6-19(7-2)21-15-18(5)23(22(16-21)17(3)4)26-14-13-25-24(26)20-11-9-8-10-12-20;1-13-7-4-5-10-16(13)18-19-11-12-20(18)17-14(2)8-6-9-15(17)3;1-4(2)3/h6-15,17,21H,1,16H2,2-5H3;4-12H,1-3H3;4H,1-3H3/b19-7+;;. The molecule has 0 bridgehead atoms. The van der Waals surface area contributed by atoms with Gasteiger partial charge in [0.2, 0.25) is 0 Å². The van der Waals surface area contributed by atoms with Gasteiger partial charge in [0.1, 0.15) is 11.6 Å². The molecule has 0 saturated carbocycles. The number of aryl methyl sites for hydroxylation is 3. The first kappa shape index (κ1) is 37.9. The summed E-state index contributed by atoms with van der Waals surface area (Å²) < 4.78 is 4.45. The Kier molecular flexibility index (Phi) is 13.3. The maximum atomic E-state index is 4.65. The Morgan fingerprint density at radius 3 is 1.88 bits per heavy atom. The Bertz CT molecular complexity index is 1940. The Morgan fingerprint density at radius 1 is 0.740 bits per heavy atom. The van der Waals surface area contributed by atoms with Crippen molar-refractivity contribution in [1.82, 2.24) is 19.1 Å². The van der Waals surface area contributed by atoms with Crippen LogP contribution in [-0.4, -0.2) is 19.1 Å². The molecule has 0 aliphatic heterocycles. The lowest BCUT2D eigenvalue weighted by Gasteiger charge is -2.30. The van der Waals surface area contributed by atoms with Crippen molar-refractivity contribution in [3.05, 3.63) is 156 Å². The van der Waals surface area contributed by atoms with Crippen molar-refractivity contribution in [1.29, 1.82) is 0 Å². The highest BCUT2D eigenvalue weighted by Gasteiger charge is 2.26. The number of para-hydroxylation sites is 1. The summed E-state index contributed by atoms with van der Waals surface area (Å²) in [6.07, 6.45) is 15.5. The number of hydrogen-bond donors (Lipinski definition) is 0. The minimum Gasteiger partial charge on any atom is -0.300 e. The molecule has 4 heteroatoms. The Morgan fingerprint density at radius 2 is 1.30 bits per heavy atom. The predicted octanol–water partition coefficient (Wildman–Crippen LogP) is 12.6. The molecular weight excluding hydrogens is 609 g/mol. The smallest absolute Gasteiger partial charge is 0.144 e. The van der Waals surface area contributed by atoms with Crippen LogP contribution < -0.4 is 0 Å². The zero-order valence-electron chi connectivity index (χ0n) is 31.9. The van der Waals surface area contributed by atoms with Gasteiger partial charge in [-0.3, -0.25) is 9.13 Å². The van der Waals surface area contributed by atoms with Crippen LogP contribution in [0.5, 0.6) is 0 Å². The van der Waals surface area contributed by atoms with Gasteiger partial charge in [-0.1, -0.05) is 132 Å². The first-order valence-electron chi connectivity index (χ1n) is 17.9. The number of aromatic nitrogens is 4. The molecule has 6 rings (SSSR count). The second kappa shape index (κ2) is 17.6. The van der Waals surface area contributed by atoms with Gasteiger partial charge in [-0.15, -0.1) is 0 Å². The molecule has 0 saturated heterocycles. The van der Waals surface area contributed by atoms with Gasteiger partial charge in [0.05, 0.1) is 5.69 Å². The molecule has 4 nitrogen and oxygen atoms in total. The predicted molar refractivity (Wildman–Crippen MR) is 215 cm³/mol. The molecule has 0 spiro atoms. The number of hydrogen-bond acceptors (Lipinski definition) is 2. The second-order valence-corrected chi connectivity index (χ2v) is 14.1. The quantitative estimate of drug-likeness (QED) is 0.162. The van der Waals surface area contributed by atoms with Gasteiger partial charge < -0.3 is 0 Å². The average Bonchev–Trinajstić information content (AvgIpc) is 3.76. The summed E-state index contributed by atoms with van der Waals surface area (Å²) in [7, 11) is 0. The average molecular weight is 665 g/mol. The lowest BCUT2D eigenvalue weighted by atomic mass is 9.79. The second-order valence-electron chi connectivity index (χ2n) is 14.1. The van der Waals surface area contributed by atoms with Crippen LogP contribution in [0, 0.1) is 38.5 Å². The minimum absolute atomic E-state index is 0.405. The molecule has 0 fully saturated rings. The van der Waals surface area contributed by atoms with Crippen LogP contribution in [0.4, 0.5) is 0 Å². The number of benzene rings is 3. The lowest BCUT2D eigenvalue weighted by molar-refractivity contribution is 0.638. The highest BCUT2D eigenvalue weighted by Crippen LogP contribution is 2.40. The van der Waals surface area contributed by atoms with Gasteiger partial charge in [0.15, 0.2) is 0 Å². The maximum absolute atomic E-state index is 4.65. The van der Waals surface area contributed by atoms with E-state index in [1.165, 1.54) is 50.4 Å². The van der Waals surface area contributed by atoms with Crippen molar-refractivity contribution in [2.24, 2.45) is 17.8 Å². The van der Waals surface area contributed by atoms with E-state index in [0.29, 0.717) is 11.8 Å². The molecule has 2 heterocycles. The van der Waals surface area contributed by atoms with E-state index in [9.17, 15) is 0 Å². The number of imidazole rings is 2. The fraction of sp³-hybridized carbons (Fsp3) is 0.304. The van der Waals surface area contributed by atoms with E-state index in [-0.39, 0.29) is 0 Å². The number of allylic oxidation sites excluding steroid dienone is 7. The summed E-state index contributed by atoms with van der Waals surface area (Å²) >= 11 is 0. The summed E-state index contributed by atoms with van der Waals surface area (Å²) in [5.41, 5.74) is 12.7. The molecular formula is C46H56N4. The summed E-state index contributed by atoms with van der Waals surface area (Å²) in [5, 5.41) is 0. The molecule has 1 aliphatic rings. The Hall–Kier alpha value is -4.96. The Balaban J connectivity index is 0.000000208. The SMILES string of the molecule is C=C/C(=C\C)C1C=C(C)C(n2ccnc2-c2ccccc2)=C(C(C)C)C1.CC(C)C.Cc1ccccc1-c1nccn1-c1c(C)cccc1C. The van der Waals surface area contributed by atoms with Crippen LogP contribution >= 0.6 is 0 Å². The normalized spacial score (nSPS) is 14.5. The molecule has 1 aliphatic carbocycles. The summed E-state index contributed by atoms with van der Waals surface area (Å²) in [6, 6.07) is 25.2. The van der Waals surface area contributed by atoms with E-state index in [1.54, 1.807) is 0 Å². The van der Waals surface area contributed by atoms with Gasteiger partial charge in [-0.2, -0.15) is 0 Å². The molecule has 50 heavy (non-hydrogen) atoms. The van der Waals surface area contributed by atoms with Crippen molar-refractivity contribution in [2.75, 3.05) is 0 Å². The Labute approximate surface area is 301 Å². The summed E-state index contributed by atoms with van der Waals surface area (Å²) in [6.45, 7) is 25.8. The third-order valence-electron chi connectivity index (χ3n) is 8.88. The molecule has 1 atom stereocenters. The highest BCUT2D eigenvalue weighted by atomic mass is 15.1. The van der Waals surface area contributed by atoms with Crippen LogP contribution in [0.2, 0.25) is 0 Å². The topological polar surface area (TPSA) is 35.6 Å². The van der Waals surface area contributed by atoms with Crippen LogP contribution in [0.1, 0.15) is 71.6 Å². The van der Waals surface area contributed by atoms with Gasteiger partial charge in [-0.25, -0.2) is 9.97 Å². The minimum atomic E-state index is 0.405. The third-order valence-corrected chi connectivity index (χ3v) is 8.88. The summed E-state index contributed by atoms with van der Waals surface area (Å²) in [4.78, 5) is 9.22. The van der Waals surface area contributed by atoms with Crippen LogP contribution in [0.15, 0.2) is 139 Å². The van der Waals surface area contributed by atoms with Crippen molar-refractivity contribution in [2.45, 2.75) is 75.7 Å². The molecule has 2 aromatic heterocycles. The molecule has 260 valence electrons. The number of nitrogens with zero attached hydrogens (tertiary/aromatic N) is 4. The van der Waals surface area contributed by atoms with Gasteiger partial charge in [-0.05, 0) is 86.3 Å². The first-order valence-corrected chi connectivity index (χ1v) is 17.9. The van der Waals surface area contributed by atoms with Crippen molar-refractivity contribution in [3.8, 4) is 28.5 Å². The van der Waals surface area contributed by atoms with E-state index in [0.717, 1.165) is 29.6 Å². The van der Waals surface area contributed by atoms with Crippen molar-refractivity contribution >= 4 is 5.70 Å². The van der Waals surface area contributed by atoms with Gasteiger partial charge >= 0.3 is 0 Å². The monoisotopic (exact) mass is 664 g/mol. The van der Waals surface area contributed by atoms with Crippen LogP contribution in [0.3, 0.4) is 0 Å². The van der Waals surface area contributed by atoms with Gasteiger partial charge in [0.25, 0.3) is 0 Å². The lowest BCUT2D eigenvalue weighted by Crippen LogP contribution is -2.16. The molecule has 5 aromatic rings. The van der Waals surface area contributed by atoms with E-state index in [4.69, 9.17) is 0 Å². The van der Waals surface area contributed by atoms with E-state index in [2.05, 4.69) is 180 Å². The van der Waals surface area contributed by atoms with E-state index in [1.807, 2.05) is 30.7 Å². The molecule has 0 amide bonds. The highest BCUT2D eigenvalue weighted by molar-refractivity contribution is 5.74. The fourth-order valence-electron chi connectivity index (χ4n) is 6.55. The van der Waals surface area contributed by atoms with Crippen LogP contribution in [-0.2, 0) is 0 Å². The van der Waals surface area contributed by atoms with Crippen molar-refractivity contribution < 1.29 is 0 Å². The molecule has 0 radical (unpaired) electrons. The van der Waals surface area contributed by atoms with E-state index >= 15 is 0 Å². The molecule has 1 unspecified atom stereocenters. The zero-order valence-corrected chi connectivity index (χ0v) is 31.9. The summed E-state index contributed by atoms with van der Waals surface area (Å²) in [5.74, 6) is 3.72. The van der Waals surface area contributed by atoms with Gasteiger partial charge in [0, 0.05) is 47.5 Å².